The van der Waals surface area contributed by atoms with Gasteiger partial charge >= 0.3 is 4.87 Å². The molecule has 26 heavy (non-hydrogen) atoms. The van der Waals surface area contributed by atoms with Gasteiger partial charge in [-0.05, 0) is 30.2 Å². The topological polar surface area (TPSA) is 108 Å². The van der Waals surface area contributed by atoms with Crippen molar-refractivity contribution in [1.29, 1.82) is 0 Å². The Hall–Kier alpha value is -1.69. The summed E-state index contributed by atoms with van der Waals surface area (Å²) in [6.45, 7) is 4.47. The lowest BCUT2D eigenvalue weighted by Gasteiger charge is -2.20. The molecule has 0 aliphatic carbocycles. The molecule has 2 heterocycles. The highest BCUT2D eigenvalue weighted by Gasteiger charge is 2.33. The Morgan fingerprint density at radius 1 is 1.19 bits per heavy atom. The Balaban J connectivity index is 2.00. The van der Waals surface area contributed by atoms with E-state index in [1.807, 2.05) is 0 Å². The van der Waals surface area contributed by atoms with Crippen LogP contribution in [0, 0.1) is 0 Å². The van der Waals surface area contributed by atoms with E-state index < -0.39 is 24.9 Å². The van der Waals surface area contributed by atoms with E-state index in [-0.39, 0.29) is 15.6 Å². The highest BCUT2D eigenvalue weighted by molar-refractivity contribution is 7.94. The second kappa shape index (κ2) is 6.80. The molecule has 1 aliphatic heterocycles. The smallest absolute Gasteiger partial charge is 0.305 e. The zero-order valence-electron chi connectivity index (χ0n) is 14.3. The number of hydrogen-bond acceptors (Lipinski definition) is 6. The van der Waals surface area contributed by atoms with Crippen LogP contribution in [0.15, 0.2) is 38.3 Å². The monoisotopic (exact) mass is 417 g/mol. The molecule has 0 atom stereocenters. The van der Waals surface area contributed by atoms with Gasteiger partial charge in [0.2, 0.25) is 10.0 Å². The average Bonchev–Trinajstić information content (AvgIpc) is 3.21. The molecule has 0 radical (unpaired) electrons. The summed E-state index contributed by atoms with van der Waals surface area (Å²) in [6, 6.07) is 4.49. The van der Waals surface area contributed by atoms with E-state index >= 15 is 0 Å². The van der Waals surface area contributed by atoms with E-state index in [0.717, 1.165) is 0 Å². The number of hydrogen-bond donors (Lipinski definition) is 1. The number of benzene rings is 1. The van der Waals surface area contributed by atoms with Crippen LogP contribution >= 0.6 is 11.3 Å². The molecule has 1 N–H and O–H groups in total. The molecule has 3 rings (SSSR count). The third-order valence-electron chi connectivity index (χ3n) is 4.29. The molecular formula is C15H19N3O5S3. The first-order valence-electron chi connectivity index (χ1n) is 8.06. The van der Waals surface area contributed by atoms with Crippen molar-refractivity contribution in [2.75, 3.05) is 23.9 Å². The molecule has 0 unspecified atom stereocenters. The summed E-state index contributed by atoms with van der Waals surface area (Å²) in [6.07, 6.45) is 1.59. The van der Waals surface area contributed by atoms with Crippen LogP contribution in [0.25, 0.3) is 0 Å². The van der Waals surface area contributed by atoms with Crippen molar-refractivity contribution in [3.8, 4) is 0 Å². The van der Waals surface area contributed by atoms with Gasteiger partial charge in [0.15, 0.2) is 4.21 Å². The van der Waals surface area contributed by atoms with Crippen molar-refractivity contribution in [1.82, 2.24) is 9.29 Å². The van der Waals surface area contributed by atoms with Crippen molar-refractivity contribution in [2.24, 2.45) is 0 Å². The molecule has 1 aliphatic rings. The Bertz CT molecular complexity index is 1080. The Morgan fingerprint density at radius 3 is 2.46 bits per heavy atom. The first kappa shape index (κ1) is 19.1. The van der Waals surface area contributed by atoms with Crippen LogP contribution in [0.3, 0.4) is 0 Å². The highest BCUT2D eigenvalue weighted by Crippen LogP contribution is 2.35. The molecule has 142 valence electrons. The molecule has 2 aromatic rings. The number of nitrogens with zero attached hydrogens (tertiary/aromatic N) is 2. The first-order valence-corrected chi connectivity index (χ1v) is 11.8. The zero-order chi connectivity index (χ0) is 19.1. The van der Waals surface area contributed by atoms with E-state index in [2.05, 4.69) is 4.98 Å². The predicted octanol–water partition coefficient (Wildman–Crippen LogP) is 1.22. The fourth-order valence-electron chi connectivity index (χ4n) is 2.97. The summed E-state index contributed by atoms with van der Waals surface area (Å²) in [4.78, 5) is 13.3. The van der Waals surface area contributed by atoms with Gasteiger partial charge in [-0.15, -0.1) is 0 Å². The fraction of sp³-hybridized carbons (Fsp3) is 0.400. The molecule has 0 spiro atoms. The summed E-state index contributed by atoms with van der Waals surface area (Å²) in [5.41, 5.74) is 1.11. The number of aromatic amines is 1. The molecule has 1 aromatic heterocycles. The van der Waals surface area contributed by atoms with E-state index in [1.54, 1.807) is 13.8 Å². The molecule has 0 amide bonds. The summed E-state index contributed by atoms with van der Waals surface area (Å²) in [7, 11) is -7.45. The summed E-state index contributed by atoms with van der Waals surface area (Å²) in [5.74, 6) is 0. The maximum Gasteiger partial charge on any atom is 0.305 e. The van der Waals surface area contributed by atoms with Gasteiger partial charge in [0.25, 0.3) is 10.0 Å². The van der Waals surface area contributed by atoms with Gasteiger partial charge in [-0.3, -0.25) is 9.10 Å². The van der Waals surface area contributed by atoms with Crippen LogP contribution in [0.2, 0.25) is 0 Å². The minimum absolute atomic E-state index is 0.0600. The number of nitrogens with one attached hydrogen (secondary N) is 1. The lowest BCUT2D eigenvalue weighted by molar-refractivity contribution is 0.445. The van der Waals surface area contributed by atoms with Gasteiger partial charge in [-0.25, -0.2) is 16.8 Å². The van der Waals surface area contributed by atoms with Crippen LogP contribution in [0.4, 0.5) is 5.69 Å². The first-order chi connectivity index (χ1) is 12.2. The van der Waals surface area contributed by atoms with Crippen molar-refractivity contribution >= 4 is 37.1 Å². The van der Waals surface area contributed by atoms with E-state index in [9.17, 15) is 21.6 Å². The second-order valence-electron chi connectivity index (χ2n) is 5.70. The number of H-pyrrole nitrogens is 1. The largest absolute Gasteiger partial charge is 0.318 e. The standard InChI is InChI=1S/C15H19N3O5S3/c1-3-17(4-2)25(20,21)12-5-6-13-11(9-12)7-8-18(13)26(22,23)14-10-16-15(19)24-14/h5-6,9-10H,3-4,7-8H2,1-2H3,(H,16,19). The van der Waals surface area contributed by atoms with Gasteiger partial charge in [-0.1, -0.05) is 25.2 Å². The number of rotatable bonds is 6. The van der Waals surface area contributed by atoms with Gasteiger partial charge in [0, 0.05) is 25.8 Å². The third kappa shape index (κ3) is 3.08. The number of aromatic nitrogens is 1. The average molecular weight is 418 g/mol. The summed E-state index contributed by atoms with van der Waals surface area (Å²) >= 11 is 0.630. The Kier molecular flexibility index (Phi) is 4.99. The van der Waals surface area contributed by atoms with Gasteiger partial charge < -0.3 is 4.98 Å². The van der Waals surface area contributed by atoms with Crippen LogP contribution in [0.5, 0.6) is 0 Å². The van der Waals surface area contributed by atoms with Crippen LogP contribution in [0.1, 0.15) is 19.4 Å². The molecule has 8 nitrogen and oxygen atoms in total. The minimum Gasteiger partial charge on any atom is -0.318 e. The summed E-state index contributed by atoms with van der Waals surface area (Å²) < 4.78 is 53.3. The van der Waals surface area contributed by atoms with Crippen LogP contribution < -0.4 is 9.18 Å². The second-order valence-corrected chi connectivity index (χ2v) is 10.7. The molecule has 0 bridgehead atoms. The Morgan fingerprint density at radius 2 is 1.88 bits per heavy atom. The van der Waals surface area contributed by atoms with E-state index in [4.69, 9.17) is 0 Å². The normalized spacial score (nSPS) is 14.8. The minimum atomic E-state index is -3.84. The van der Waals surface area contributed by atoms with E-state index in [0.29, 0.717) is 42.1 Å². The molecular weight excluding hydrogens is 398 g/mol. The van der Waals surface area contributed by atoms with Gasteiger partial charge in [0.1, 0.15) is 0 Å². The molecule has 0 fully saturated rings. The van der Waals surface area contributed by atoms with Crippen molar-refractivity contribution in [3.63, 3.8) is 0 Å². The van der Waals surface area contributed by atoms with Crippen LogP contribution in [-0.2, 0) is 26.5 Å². The quantitative estimate of drug-likeness (QED) is 0.760. The number of thiazole rings is 1. The summed E-state index contributed by atoms with van der Waals surface area (Å²) in [5, 5.41) is 0. The fourth-order valence-corrected chi connectivity index (χ4v) is 7.01. The lowest BCUT2D eigenvalue weighted by atomic mass is 10.2. The van der Waals surface area contributed by atoms with Gasteiger partial charge in [0.05, 0.1) is 10.6 Å². The molecule has 0 saturated heterocycles. The maximum atomic E-state index is 12.7. The van der Waals surface area contributed by atoms with E-state index in [1.165, 1.54) is 33.0 Å². The van der Waals surface area contributed by atoms with Gasteiger partial charge in [-0.2, -0.15) is 4.31 Å². The van der Waals surface area contributed by atoms with Crippen molar-refractivity contribution < 1.29 is 16.8 Å². The van der Waals surface area contributed by atoms with Crippen molar-refractivity contribution in [2.45, 2.75) is 29.4 Å². The Labute approximate surface area is 156 Å². The lowest BCUT2D eigenvalue weighted by Crippen LogP contribution is -2.30. The molecule has 1 aromatic carbocycles. The number of anilines is 1. The number of fused-ring (bicyclic) bond motifs is 1. The zero-order valence-corrected chi connectivity index (χ0v) is 16.7. The predicted molar refractivity (Wildman–Crippen MR) is 99.7 cm³/mol. The third-order valence-corrected chi connectivity index (χ3v) is 9.43. The number of sulfonamides is 2. The van der Waals surface area contributed by atoms with Crippen LogP contribution in [-0.4, -0.2) is 45.8 Å². The SMILES string of the molecule is CCN(CC)S(=O)(=O)c1ccc2c(c1)CCN2S(=O)(=O)c1c[nH]c(=O)s1. The van der Waals surface area contributed by atoms with Crippen molar-refractivity contribution in [3.05, 3.63) is 39.6 Å². The molecule has 0 saturated carbocycles. The molecule has 11 heteroatoms. The maximum absolute atomic E-state index is 12.7. The highest BCUT2D eigenvalue weighted by atomic mass is 32.2.